The highest BCUT2D eigenvalue weighted by molar-refractivity contribution is 7.12. The Hall–Kier alpha value is -0.850. The highest BCUT2D eigenvalue weighted by atomic mass is 32.1. The van der Waals surface area contributed by atoms with Crippen LogP contribution in [-0.2, 0) is 6.54 Å². The fourth-order valence-electron chi connectivity index (χ4n) is 1.90. The largest absolute Gasteiger partial charge is 0.312 e. The molecule has 0 spiro atoms. The summed E-state index contributed by atoms with van der Waals surface area (Å²) in [6, 6.07) is 6.11. The van der Waals surface area contributed by atoms with E-state index in [1.165, 1.54) is 37.0 Å². The second kappa shape index (κ2) is 9.13. The third-order valence-electron chi connectivity index (χ3n) is 2.96. The Bertz CT molecular complexity index is 363. The molecule has 0 unspecified atom stereocenters. The van der Waals surface area contributed by atoms with Gasteiger partial charge in [0.15, 0.2) is 0 Å². The van der Waals surface area contributed by atoms with E-state index in [0.29, 0.717) is 0 Å². The van der Waals surface area contributed by atoms with Gasteiger partial charge in [0.05, 0.1) is 0 Å². The van der Waals surface area contributed by atoms with Crippen LogP contribution < -0.4 is 5.32 Å². The molecule has 2 nitrogen and oxygen atoms in total. The molecule has 0 aliphatic carbocycles. The quantitative estimate of drug-likeness (QED) is 0.674. The lowest BCUT2D eigenvalue weighted by molar-refractivity contribution is 0.512. The number of unbranched alkanes of at least 4 members (excludes halogenated alkanes) is 3. The van der Waals surface area contributed by atoms with E-state index in [-0.39, 0.29) is 0 Å². The molecule has 0 fully saturated rings. The first-order valence-electron chi connectivity index (χ1n) is 6.92. The SMILES string of the molecule is CC(C)CCCCCCNCc1ccc(C#N)s1. The molecule has 0 saturated carbocycles. The maximum atomic E-state index is 8.72. The van der Waals surface area contributed by atoms with Gasteiger partial charge in [0.1, 0.15) is 10.9 Å². The Morgan fingerprint density at radius 1 is 1.22 bits per heavy atom. The second-order valence-corrected chi connectivity index (χ2v) is 6.32. The van der Waals surface area contributed by atoms with E-state index in [2.05, 4.69) is 25.2 Å². The fraction of sp³-hybridized carbons (Fsp3) is 0.667. The molecule has 0 radical (unpaired) electrons. The third kappa shape index (κ3) is 6.78. The summed E-state index contributed by atoms with van der Waals surface area (Å²) in [7, 11) is 0. The topological polar surface area (TPSA) is 35.8 Å². The summed E-state index contributed by atoms with van der Waals surface area (Å²) in [5.41, 5.74) is 0. The molecule has 1 heterocycles. The van der Waals surface area contributed by atoms with Crippen LogP contribution in [0.15, 0.2) is 12.1 Å². The van der Waals surface area contributed by atoms with Crippen molar-refractivity contribution in [1.82, 2.24) is 5.32 Å². The van der Waals surface area contributed by atoms with Crippen LogP contribution in [0.5, 0.6) is 0 Å². The number of nitrogens with one attached hydrogen (secondary N) is 1. The lowest BCUT2D eigenvalue weighted by Crippen LogP contribution is -2.13. The Labute approximate surface area is 115 Å². The molecule has 3 heteroatoms. The summed E-state index contributed by atoms with van der Waals surface area (Å²) in [6.45, 7) is 6.57. The van der Waals surface area contributed by atoms with Crippen molar-refractivity contribution in [3.8, 4) is 6.07 Å². The van der Waals surface area contributed by atoms with Crippen LogP contribution in [0.25, 0.3) is 0 Å². The number of nitriles is 1. The minimum atomic E-state index is 0.806. The highest BCUT2D eigenvalue weighted by Gasteiger charge is 1.98. The Morgan fingerprint density at radius 2 is 2.00 bits per heavy atom. The van der Waals surface area contributed by atoms with Crippen LogP contribution in [0, 0.1) is 17.2 Å². The molecule has 18 heavy (non-hydrogen) atoms. The first-order valence-corrected chi connectivity index (χ1v) is 7.73. The molecule has 0 saturated heterocycles. The summed E-state index contributed by atoms with van der Waals surface area (Å²) in [5.74, 6) is 0.844. The minimum Gasteiger partial charge on any atom is -0.312 e. The summed E-state index contributed by atoms with van der Waals surface area (Å²) in [5, 5.41) is 12.2. The van der Waals surface area contributed by atoms with Crippen LogP contribution in [0.2, 0.25) is 0 Å². The van der Waals surface area contributed by atoms with E-state index in [1.54, 1.807) is 11.3 Å². The Kier molecular flexibility index (Phi) is 7.71. The maximum Gasteiger partial charge on any atom is 0.110 e. The normalized spacial score (nSPS) is 10.8. The molecule has 0 aromatic carbocycles. The monoisotopic (exact) mass is 264 g/mol. The molecule has 100 valence electrons. The van der Waals surface area contributed by atoms with E-state index in [9.17, 15) is 0 Å². The van der Waals surface area contributed by atoms with Crippen molar-refractivity contribution < 1.29 is 0 Å². The first kappa shape index (κ1) is 15.2. The van der Waals surface area contributed by atoms with Gasteiger partial charge in [-0.2, -0.15) is 5.26 Å². The smallest absolute Gasteiger partial charge is 0.110 e. The van der Waals surface area contributed by atoms with Gasteiger partial charge in [-0.25, -0.2) is 0 Å². The number of rotatable bonds is 9. The average molecular weight is 264 g/mol. The van der Waals surface area contributed by atoms with Crippen LogP contribution >= 0.6 is 11.3 Å². The van der Waals surface area contributed by atoms with Crippen molar-refractivity contribution in [2.75, 3.05) is 6.54 Å². The summed E-state index contributed by atoms with van der Waals surface area (Å²) < 4.78 is 0. The molecule has 0 amide bonds. The van der Waals surface area contributed by atoms with Crippen molar-refractivity contribution in [3.05, 3.63) is 21.9 Å². The van der Waals surface area contributed by atoms with E-state index in [4.69, 9.17) is 5.26 Å². The van der Waals surface area contributed by atoms with Gasteiger partial charge in [0.2, 0.25) is 0 Å². The molecule has 1 N–H and O–H groups in total. The van der Waals surface area contributed by atoms with E-state index in [0.717, 1.165) is 23.9 Å². The Morgan fingerprint density at radius 3 is 2.67 bits per heavy atom. The van der Waals surface area contributed by atoms with Crippen molar-refractivity contribution in [2.45, 2.75) is 52.5 Å². The van der Waals surface area contributed by atoms with Gasteiger partial charge in [0, 0.05) is 11.4 Å². The molecule has 0 bridgehead atoms. The molecule has 0 atom stereocenters. The maximum absolute atomic E-state index is 8.72. The first-order chi connectivity index (χ1) is 8.72. The number of hydrogen-bond donors (Lipinski definition) is 1. The van der Waals surface area contributed by atoms with Crippen molar-refractivity contribution in [3.63, 3.8) is 0 Å². The molecule has 1 aromatic heterocycles. The van der Waals surface area contributed by atoms with E-state index in [1.807, 2.05) is 12.1 Å². The van der Waals surface area contributed by atoms with E-state index < -0.39 is 0 Å². The summed E-state index contributed by atoms with van der Waals surface area (Å²) in [4.78, 5) is 2.06. The van der Waals surface area contributed by atoms with Gasteiger partial charge in [0.25, 0.3) is 0 Å². The molecule has 1 aromatic rings. The van der Waals surface area contributed by atoms with Gasteiger partial charge in [-0.05, 0) is 31.0 Å². The van der Waals surface area contributed by atoms with Gasteiger partial charge in [-0.15, -0.1) is 11.3 Å². The highest BCUT2D eigenvalue weighted by Crippen LogP contribution is 2.14. The number of nitrogens with zero attached hydrogens (tertiary/aromatic N) is 1. The van der Waals surface area contributed by atoms with Crippen molar-refractivity contribution in [2.24, 2.45) is 5.92 Å². The Balaban J connectivity index is 1.94. The summed E-state index contributed by atoms with van der Waals surface area (Å²) in [6.07, 6.45) is 6.67. The number of hydrogen-bond acceptors (Lipinski definition) is 3. The minimum absolute atomic E-state index is 0.806. The molecular formula is C15H24N2S. The van der Waals surface area contributed by atoms with Gasteiger partial charge in [-0.3, -0.25) is 0 Å². The average Bonchev–Trinajstić information content (AvgIpc) is 2.80. The fourth-order valence-corrected chi connectivity index (χ4v) is 2.68. The lowest BCUT2D eigenvalue weighted by Gasteiger charge is -2.05. The lowest BCUT2D eigenvalue weighted by atomic mass is 10.0. The molecule has 0 aliphatic rings. The van der Waals surface area contributed by atoms with Crippen LogP contribution in [0.4, 0.5) is 0 Å². The van der Waals surface area contributed by atoms with Gasteiger partial charge < -0.3 is 5.32 Å². The zero-order valence-corrected chi connectivity index (χ0v) is 12.4. The van der Waals surface area contributed by atoms with E-state index >= 15 is 0 Å². The van der Waals surface area contributed by atoms with Crippen LogP contribution in [0.1, 0.15) is 55.7 Å². The predicted octanol–water partition coefficient (Wildman–Crippen LogP) is 4.32. The molecule has 1 rings (SSSR count). The second-order valence-electron chi connectivity index (χ2n) is 5.15. The molecular weight excluding hydrogens is 240 g/mol. The molecule has 0 aliphatic heterocycles. The number of thiophene rings is 1. The zero-order valence-electron chi connectivity index (χ0n) is 11.5. The van der Waals surface area contributed by atoms with Gasteiger partial charge in [-0.1, -0.05) is 39.5 Å². The van der Waals surface area contributed by atoms with Crippen molar-refractivity contribution >= 4 is 11.3 Å². The summed E-state index contributed by atoms with van der Waals surface area (Å²) >= 11 is 1.58. The van der Waals surface area contributed by atoms with Crippen LogP contribution in [0.3, 0.4) is 0 Å². The van der Waals surface area contributed by atoms with Gasteiger partial charge >= 0.3 is 0 Å². The zero-order chi connectivity index (χ0) is 13.2. The standard InChI is InChI=1S/C15H24N2S/c1-13(2)7-5-3-4-6-10-17-12-15-9-8-14(11-16)18-15/h8-9,13,17H,3-7,10,12H2,1-2H3. The van der Waals surface area contributed by atoms with Crippen molar-refractivity contribution in [1.29, 1.82) is 5.26 Å². The third-order valence-corrected chi connectivity index (χ3v) is 3.95. The van der Waals surface area contributed by atoms with Crippen LogP contribution in [-0.4, -0.2) is 6.54 Å². The predicted molar refractivity (Wildman–Crippen MR) is 78.7 cm³/mol.